The Bertz CT molecular complexity index is 1290. The number of aromatic nitrogens is 5. The van der Waals surface area contributed by atoms with Crippen LogP contribution in [0.25, 0.3) is 16.6 Å². The highest BCUT2D eigenvalue weighted by molar-refractivity contribution is 5.93. The van der Waals surface area contributed by atoms with Gasteiger partial charge in [-0.25, -0.2) is 4.98 Å². The smallest absolute Gasteiger partial charge is 0.204 e. The van der Waals surface area contributed by atoms with Gasteiger partial charge in [0.05, 0.1) is 45.0 Å². The maximum atomic E-state index is 5.53. The second-order valence-electron chi connectivity index (χ2n) is 8.98. The summed E-state index contributed by atoms with van der Waals surface area (Å²) in [6, 6.07) is 8.07. The predicted molar refractivity (Wildman–Crippen MR) is 130 cm³/mol. The van der Waals surface area contributed by atoms with Crippen LogP contribution in [0.15, 0.2) is 30.5 Å². The number of methoxy groups -OCH3 is 2. The molecule has 4 heterocycles. The lowest BCUT2D eigenvalue weighted by atomic mass is 10.0. The third-order valence-electron chi connectivity index (χ3n) is 6.07. The van der Waals surface area contributed by atoms with E-state index in [1.165, 1.54) is 0 Å². The molecular weight excluding hydrogens is 432 g/mol. The van der Waals surface area contributed by atoms with E-state index in [-0.39, 0.29) is 0 Å². The van der Waals surface area contributed by atoms with Gasteiger partial charge < -0.3 is 19.1 Å². The number of nitrogens with zero attached hydrogens (tertiary/aromatic N) is 6. The Morgan fingerprint density at radius 1 is 1.00 bits per heavy atom. The maximum absolute atomic E-state index is 5.53. The van der Waals surface area contributed by atoms with Gasteiger partial charge in [-0.3, -0.25) is 0 Å². The van der Waals surface area contributed by atoms with Crippen molar-refractivity contribution < 1.29 is 14.2 Å². The van der Waals surface area contributed by atoms with E-state index in [4.69, 9.17) is 24.3 Å². The highest BCUT2D eigenvalue weighted by Gasteiger charge is 2.19. The van der Waals surface area contributed by atoms with Crippen molar-refractivity contribution in [3.05, 3.63) is 47.5 Å². The Labute approximate surface area is 198 Å². The van der Waals surface area contributed by atoms with Gasteiger partial charge >= 0.3 is 0 Å². The minimum absolute atomic E-state index is 0.438. The summed E-state index contributed by atoms with van der Waals surface area (Å²) in [5.41, 5.74) is 4.50. The molecule has 9 heteroatoms. The molecule has 1 aliphatic rings. The minimum Gasteiger partial charge on any atom is -0.497 e. The standard InChI is InChI=1S/C25H30N6O3/c1-16(2)9-23-27-28-25-24-21(13-18(15-26-24)30-5-7-34-8-6-30)22(29-31(23)25)12-17-10-19(32-3)14-20(11-17)33-4/h10-11,13-16H,5-9,12H2,1-4H3. The number of hydrogen-bond donors (Lipinski definition) is 0. The van der Waals surface area contributed by atoms with Crippen LogP contribution in [0.1, 0.15) is 30.9 Å². The highest BCUT2D eigenvalue weighted by atomic mass is 16.5. The molecule has 4 aromatic rings. The summed E-state index contributed by atoms with van der Waals surface area (Å²) < 4.78 is 18.4. The molecule has 0 aliphatic carbocycles. The molecule has 0 N–H and O–H groups in total. The van der Waals surface area contributed by atoms with Gasteiger partial charge in [-0.15, -0.1) is 10.2 Å². The van der Waals surface area contributed by atoms with Crippen molar-refractivity contribution in [2.75, 3.05) is 45.4 Å². The molecule has 3 aromatic heterocycles. The molecular formula is C25H30N6O3. The van der Waals surface area contributed by atoms with Gasteiger partial charge in [0.2, 0.25) is 5.65 Å². The SMILES string of the molecule is COc1cc(Cc2nn3c(CC(C)C)nnc3c3ncc(N4CCOCC4)cc23)cc(OC)c1. The van der Waals surface area contributed by atoms with Crippen molar-refractivity contribution >= 4 is 22.2 Å². The van der Waals surface area contributed by atoms with Crippen LogP contribution in [0, 0.1) is 5.92 Å². The van der Waals surface area contributed by atoms with Crippen molar-refractivity contribution in [1.29, 1.82) is 0 Å². The highest BCUT2D eigenvalue weighted by Crippen LogP contribution is 2.29. The molecule has 0 atom stereocenters. The number of anilines is 1. The Kier molecular flexibility index (Phi) is 6.19. The molecule has 1 fully saturated rings. The zero-order valence-electron chi connectivity index (χ0n) is 20.1. The molecule has 1 aliphatic heterocycles. The first-order valence-corrected chi connectivity index (χ1v) is 11.6. The van der Waals surface area contributed by atoms with Gasteiger partial charge in [0, 0.05) is 37.4 Å². The molecule has 0 amide bonds. The van der Waals surface area contributed by atoms with Gasteiger partial charge in [-0.05, 0) is 29.7 Å². The van der Waals surface area contributed by atoms with E-state index in [9.17, 15) is 0 Å². The second-order valence-corrected chi connectivity index (χ2v) is 8.98. The van der Waals surface area contributed by atoms with E-state index in [0.29, 0.717) is 31.2 Å². The molecule has 5 rings (SSSR count). The van der Waals surface area contributed by atoms with Gasteiger partial charge in [-0.2, -0.15) is 9.61 Å². The van der Waals surface area contributed by atoms with Crippen LogP contribution >= 0.6 is 0 Å². The maximum Gasteiger partial charge on any atom is 0.204 e. The van der Waals surface area contributed by atoms with Gasteiger partial charge in [0.25, 0.3) is 0 Å². The predicted octanol–water partition coefficient (Wildman–Crippen LogP) is 3.32. The van der Waals surface area contributed by atoms with Crippen LogP contribution in [0.5, 0.6) is 11.5 Å². The summed E-state index contributed by atoms with van der Waals surface area (Å²) in [6.45, 7) is 7.45. The summed E-state index contributed by atoms with van der Waals surface area (Å²) in [5.74, 6) is 2.77. The lowest BCUT2D eigenvalue weighted by Crippen LogP contribution is -2.36. The quantitative estimate of drug-likeness (QED) is 0.413. The molecule has 1 aromatic carbocycles. The molecule has 1 saturated heterocycles. The number of benzene rings is 1. The zero-order valence-corrected chi connectivity index (χ0v) is 20.1. The zero-order chi connectivity index (χ0) is 23.7. The second kappa shape index (κ2) is 9.42. The molecule has 178 valence electrons. The van der Waals surface area contributed by atoms with E-state index in [2.05, 4.69) is 35.0 Å². The number of ether oxygens (including phenoxy) is 3. The molecule has 0 saturated carbocycles. The molecule has 0 radical (unpaired) electrons. The van der Waals surface area contributed by atoms with Crippen molar-refractivity contribution in [2.45, 2.75) is 26.7 Å². The average Bonchev–Trinajstić information content (AvgIpc) is 3.25. The normalized spacial score (nSPS) is 14.3. The molecule has 0 unspecified atom stereocenters. The van der Waals surface area contributed by atoms with Crippen LogP contribution in [-0.2, 0) is 17.6 Å². The average molecular weight is 463 g/mol. The summed E-state index contributed by atoms with van der Waals surface area (Å²) in [4.78, 5) is 7.15. The van der Waals surface area contributed by atoms with Crippen LogP contribution < -0.4 is 14.4 Å². The monoisotopic (exact) mass is 462 g/mol. The molecule has 9 nitrogen and oxygen atoms in total. The van der Waals surface area contributed by atoms with Crippen molar-refractivity contribution in [3.8, 4) is 11.5 Å². The Morgan fingerprint density at radius 2 is 1.74 bits per heavy atom. The summed E-state index contributed by atoms with van der Waals surface area (Å²) in [5, 5.41) is 14.9. The minimum atomic E-state index is 0.438. The summed E-state index contributed by atoms with van der Waals surface area (Å²) >= 11 is 0. The van der Waals surface area contributed by atoms with Crippen molar-refractivity contribution in [1.82, 2.24) is 24.8 Å². The number of rotatable bonds is 7. The van der Waals surface area contributed by atoms with Crippen LogP contribution in [0.2, 0.25) is 0 Å². The fourth-order valence-electron chi connectivity index (χ4n) is 4.37. The van der Waals surface area contributed by atoms with Gasteiger partial charge in [0.15, 0.2) is 5.82 Å². The third-order valence-corrected chi connectivity index (χ3v) is 6.07. The molecule has 34 heavy (non-hydrogen) atoms. The van der Waals surface area contributed by atoms with E-state index in [1.807, 2.05) is 28.9 Å². The van der Waals surface area contributed by atoms with Gasteiger partial charge in [-0.1, -0.05) is 13.8 Å². The number of pyridine rings is 1. The first-order chi connectivity index (χ1) is 16.6. The lowest BCUT2D eigenvalue weighted by molar-refractivity contribution is 0.122. The topological polar surface area (TPSA) is 86.9 Å². The molecule has 0 spiro atoms. The number of morpholine rings is 1. The largest absolute Gasteiger partial charge is 0.497 e. The Balaban J connectivity index is 1.67. The van der Waals surface area contributed by atoms with Gasteiger partial charge in [0.1, 0.15) is 17.0 Å². The summed E-state index contributed by atoms with van der Waals surface area (Å²) in [7, 11) is 3.32. The van der Waals surface area contributed by atoms with Crippen LogP contribution in [-0.4, -0.2) is 65.3 Å². The third kappa shape index (κ3) is 4.35. The van der Waals surface area contributed by atoms with E-state index >= 15 is 0 Å². The lowest BCUT2D eigenvalue weighted by Gasteiger charge is -2.28. The van der Waals surface area contributed by atoms with Crippen LogP contribution in [0.4, 0.5) is 5.69 Å². The van der Waals surface area contributed by atoms with E-state index in [1.54, 1.807) is 14.2 Å². The van der Waals surface area contributed by atoms with Crippen molar-refractivity contribution in [3.63, 3.8) is 0 Å². The number of hydrogen-bond acceptors (Lipinski definition) is 8. The fraction of sp³-hybridized carbons (Fsp3) is 0.440. The van der Waals surface area contributed by atoms with E-state index in [0.717, 1.165) is 64.7 Å². The van der Waals surface area contributed by atoms with Crippen molar-refractivity contribution in [2.24, 2.45) is 5.92 Å². The fourth-order valence-corrected chi connectivity index (χ4v) is 4.37. The Morgan fingerprint density at radius 3 is 2.41 bits per heavy atom. The first-order valence-electron chi connectivity index (χ1n) is 11.6. The van der Waals surface area contributed by atoms with Crippen LogP contribution in [0.3, 0.4) is 0 Å². The Hall–Kier alpha value is -3.46. The first kappa shape index (κ1) is 22.3. The number of fused-ring (bicyclic) bond motifs is 3. The van der Waals surface area contributed by atoms with E-state index < -0.39 is 0 Å². The summed E-state index contributed by atoms with van der Waals surface area (Å²) in [6.07, 6.45) is 3.30. The molecule has 0 bridgehead atoms.